The third-order valence-electron chi connectivity index (χ3n) is 3.32. The molecular weight excluding hydrogens is 268 g/mol. The summed E-state index contributed by atoms with van der Waals surface area (Å²) in [7, 11) is 4.57. The molecular formula is C17H18O4. The van der Waals surface area contributed by atoms with Crippen LogP contribution in [0.25, 0.3) is 11.1 Å². The molecule has 110 valence electrons. The lowest BCUT2D eigenvalue weighted by atomic mass is 9.95. The summed E-state index contributed by atoms with van der Waals surface area (Å²) in [6.07, 6.45) is 0. The second-order valence-corrected chi connectivity index (χ2v) is 4.59. The Bertz CT molecular complexity index is 640. The Balaban J connectivity index is 2.66. The zero-order chi connectivity index (χ0) is 15.4. The molecule has 0 N–H and O–H groups in total. The first-order valence-electron chi connectivity index (χ1n) is 6.52. The van der Waals surface area contributed by atoms with Crippen LogP contribution < -0.4 is 9.47 Å². The highest BCUT2D eigenvalue weighted by molar-refractivity contribution is 5.99. The number of aryl methyl sites for hydroxylation is 1. The third kappa shape index (κ3) is 2.99. The average molecular weight is 286 g/mol. The molecule has 0 saturated heterocycles. The lowest BCUT2D eigenvalue weighted by Gasteiger charge is -2.13. The van der Waals surface area contributed by atoms with E-state index in [0.29, 0.717) is 17.1 Å². The van der Waals surface area contributed by atoms with Gasteiger partial charge in [0, 0.05) is 6.07 Å². The van der Waals surface area contributed by atoms with Gasteiger partial charge in [0.1, 0.15) is 11.5 Å². The zero-order valence-corrected chi connectivity index (χ0v) is 12.6. The Morgan fingerprint density at radius 3 is 2.10 bits per heavy atom. The maximum Gasteiger partial charge on any atom is 0.338 e. The number of carbonyl (C=O) groups is 1. The van der Waals surface area contributed by atoms with Gasteiger partial charge in [-0.05, 0) is 35.7 Å². The number of methoxy groups -OCH3 is 3. The van der Waals surface area contributed by atoms with Crippen LogP contribution in [0.3, 0.4) is 0 Å². The Hall–Kier alpha value is -2.49. The first-order valence-corrected chi connectivity index (χ1v) is 6.52. The van der Waals surface area contributed by atoms with Gasteiger partial charge < -0.3 is 14.2 Å². The maximum absolute atomic E-state index is 12.1. The van der Waals surface area contributed by atoms with Crippen molar-refractivity contribution in [1.82, 2.24) is 0 Å². The van der Waals surface area contributed by atoms with Crippen molar-refractivity contribution < 1.29 is 19.0 Å². The third-order valence-corrected chi connectivity index (χ3v) is 3.32. The van der Waals surface area contributed by atoms with Crippen LogP contribution in [0.5, 0.6) is 11.5 Å². The van der Waals surface area contributed by atoms with E-state index in [2.05, 4.69) is 0 Å². The van der Waals surface area contributed by atoms with Crippen molar-refractivity contribution in [3.63, 3.8) is 0 Å². The summed E-state index contributed by atoms with van der Waals surface area (Å²) in [4.78, 5) is 12.1. The number of rotatable bonds is 4. The summed E-state index contributed by atoms with van der Waals surface area (Å²) in [5, 5.41) is 0. The monoisotopic (exact) mass is 286 g/mol. The molecule has 2 aromatic rings. The largest absolute Gasteiger partial charge is 0.497 e. The smallest absolute Gasteiger partial charge is 0.338 e. The summed E-state index contributed by atoms with van der Waals surface area (Å²) in [6.45, 7) is 1.88. The van der Waals surface area contributed by atoms with Gasteiger partial charge in [0.15, 0.2) is 0 Å². The predicted molar refractivity (Wildman–Crippen MR) is 81.1 cm³/mol. The van der Waals surface area contributed by atoms with E-state index >= 15 is 0 Å². The molecule has 0 aliphatic heterocycles. The Morgan fingerprint density at radius 1 is 0.952 bits per heavy atom. The van der Waals surface area contributed by atoms with E-state index in [1.165, 1.54) is 7.11 Å². The molecule has 0 spiro atoms. The van der Waals surface area contributed by atoms with Crippen LogP contribution in [0, 0.1) is 6.92 Å². The Kier molecular flexibility index (Phi) is 4.48. The summed E-state index contributed by atoms with van der Waals surface area (Å²) in [5.41, 5.74) is 3.05. The molecule has 2 rings (SSSR count). The van der Waals surface area contributed by atoms with E-state index in [1.807, 2.05) is 37.3 Å². The normalized spacial score (nSPS) is 10.1. The van der Waals surface area contributed by atoms with Gasteiger partial charge in [-0.25, -0.2) is 4.79 Å². The van der Waals surface area contributed by atoms with Crippen molar-refractivity contribution in [2.75, 3.05) is 21.3 Å². The molecule has 4 heteroatoms. The first-order chi connectivity index (χ1) is 10.1. The SMILES string of the molecule is COC(=O)c1c(C)cccc1-c1cc(OC)cc(OC)c1. The molecule has 0 saturated carbocycles. The molecule has 0 amide bonds. The van der Waals surface area contributed by atoms with Crippen molar-refractivity contribution >= 4 is 5.97 Å². The minimum absolute atomic E-state index is 0.357. The maximum atomic E-state index is 12.1. The van der Waals surface area contributed by atoms with Gasteiger partial charge in [0.2, 0.25) is 0 Å². The molecule has 0 unspecified atom stereocenters. The number of benzene rings is 2. The van der Waals surface area contributed by atoms with Crippen LogP contribution in [0.4, 0.5) is 0 Å². The van der Waals surface area contributed by atoms with Gasteiger partial charge in [0.25, 0.3) is 0 Å². The lowest BCUT2D eigenvalue weighted by molar-refractivity contribution is 0.0601. The molecule has 0 bridgehead atoms. The first kappa shape index (κ1) is 14.9. The van der Waals surface area contributed by atoms with Gasteiger partial charge in [-0.2, -0.15) is 0 Å². The van der Waals surface area contributed by atoms with Gasteiger partial charge in [-0.3, -0.25) is 0 Å². The van der Waals surface area contributed by atoms with E-state index in [1.54, 1.807) is 20.3 Å². The van der Waals surface area contributed by atoms with Crippen molar-refractivity contribution in [1.29, 1.82) is 0 Å². The molecule has 0 aromatic heterocycles. The summed E-state index contributed by atoms with van der Waals surface area (Å²) in [5.74, 6) is 0.980. The molecule has 0 atom stereocenters. The quantitative estimate of drug-likeness (QED) is 0.807. The van der Waals surface area contributed by atoms with Crippen LogP contribution in [-0.4, -0.2) is 27.3 Å². The fourth-order valence-electron chi connectivity index (χ4n) is 2.24. The molecule has 0 heterocycles. The van der Waals surface area contributed by atoms with Crippen LogP contribution in [0.15, 0.2) is 36.4 Å². The van der Waals surface area contributed by atoms with Gasteiger partial charge in [0.05, 0.1) is 26.9 Å². The van der Waals surface area contributed by atoms with E-state index in [9.17, 15) is 4.79 Å². The Labute approximate surface area is 124 Å². The zero-order valence-electron chi connectivity index (χ0n) is 12.6. The van der Waals surface area contributed by atoms with E-state index in [-0.39, 0.29) is 5.97 Å². The summed E-state index contributed by atoms with van der Waals surface area (Å²) >= 11 is 0. The highest BCUT2D eigenvalue weighted by Crippen LogP contribution is 2.33. The molecule has 4 nitrogen and oxygen atoms in total. The number of hydrogen-bond acceptors (Lipinski definition) is 4. The van der Waals surface area contributed by atoms with Gasteiger partial charge >= 0.3 is 5.97 Å². The molecule has 0 radical (unpaired) electrons. The highest BCUT2D eigenvalue weighted by atomic mass is 16.5. The minimum Gasteiger partial charge on any atom is -0.497 e. The van der Waals surface area contributed by atoms with Gasteiger partial charge in [-0.15, -0.1) is 0 Å². The van der Waals surface area contributed by atoms with Gasteiger partial charge in [-0.1, -0.05) is 18.2 Å². The van der Waals surface area contributed by atoms with Crippen molar-refractivity contribution in [3.05, 3.63) is 47.5 Å². The number of ether oxygens (including phenoxy) is 3. The van der Waals surface area contributed by atoms with Crippen molar-refractivity contribution in [3.8, 4) is 22.6 Å². The standard InChI is InChI=1S/C17H18O4/c1-11-6-5-7-15(16(11)17(18)21-4)12-8-13(19-2)10-14(9-12)20-3/h5-10H,1-4H3. The fraction of sp³-hybridized carbons (Fsp3) is 0.235. The summed E-state index contributed by atoms with van der Waals surface area (Å²) in [6, 6.07) is 11.2. The second kappa shape index (κ2) is 6.31. The summed E-state index contributed by atoms with van der Waals surface area (Å²) < 4.78 is 15.5. The van der Waals surface area contributed by atoms with Crippen LogP contribution in [-0.2, 0) is 4.74 Å². The highest BCUT2D eigenvalue weighted by Gasteiger charge is 2.17. The molecule has 21 heavy (non-hydrogen) atoms. The van der Waals surface area contributed by atoms with Crippen LogP contribution in [0.2, 0.25) is 0 Å². The molecule has 0 aliphatic rings. The lowest BCUT2D eigenvalue weighted by Crippen LogP contribution is -2.06. The Morgan fingerprint density at radius 2 is 1.57 bits per heavy atom. The van der Waals surface area contributed by atoms with E-state index in [0.717, 1.165) is 16.7 Å². The predicted octanol–water partition coefficient (Wildman–Crippen LogP) is 3.47. The topological polar surface area (TPSA) is 44.8 Å². The van der Waals surface area contributed by atoms with Crippen molar-refractivity contribution in [2.24, 2.45) is 0 Å². The molecule has 0 aliphatic carbocycles. The number of hydrogen-bond donors (Lipinski definition) is 0. The fourth-order valence-corrected chi connectivity index (χ4v) is 2.24. The van der Waals surface area contributed by atoms with E-state index < -0.39 is 0 Å². The van der Waals surface area contributed by atoms with Crippen LogP contribution >= 0.6 is 0 Å². The number of esters is 1. The molecule has 2 aromatic carbocycles. The van der Waals surface area contributed by atoms with Crippen molar-refractivity contribution in [2.45, 2.75) is 6.92 Å². The van der Waals surface area contributed by atoms with E-state index in [4.69, 9.17) is 14.2 Å². The minimum atomic E-state index is -0.357. The average Bonchev–Trinajstić information content (AvgIpc) is 2.53. The second-order valence-electron chi connectivity index (χ2n) is 4.59. The molecule has 0 fully saturated rings. The van der Waals surface area contributed by atoms with Crippen LogP contribution in [0.1, 0.15) is 15.9 Å². The number of carbonyl (C=O) groups excluding carboxylic acids is 1.